The first-order chi connectivity index (χ1) is 6.63. The minimum Gasteiger partial charge on any atom is -0.369 e. The number of nitriles is 1. The highest BCUT2D eigenvalue weighted by atomic mass is 15.1. The molecule has 1 heterocycles. The summed E-state index contributed by atoms with van der Waals surface area (Å²) in [5.41, 5.74) is 0.966. The van der Waals surface area contributed by atoms with Crippen molar-refractivity contribution < 1.29 is 0 Å². The molecular formula is C9H11N5. The Bertz CT molecular complexity index is 389. The van der Waals surface area contributed by atoms with Crippen LogP contribution in [0.4, 0.5) is 5.82 Å². The Morgan fingerprint density at radius 1 is 1.57 bits per heavy atom. The molecule has 0 radical (unpaired) electrons. The van der Waals surface area contributed by atoms with E-state index in [1.807, 2.05) is 20.2 Å². The third kappa shape index (κ3) is 2.52. The van der Waals surface area contributed by atoms with Gasteiger partial charge in [0.25, 0.3) is 0 Å². The quantitative estimate of drug-likeness (QED) is 0.511. The summed E-state index contributed by atoms with van der Waals surface area (Å²) < 4.78 is 0. The average molecular weight is 189 g/mol. The molecule has 72 valence electrons. The first kappa shape index (κ1) is 10.1. The third-order valence-electron chi connectivity index (χ3n) is 1.39. The lowest BCUT2D eigenvalue weighted by Gasteiger charge is -2.02. The van der Waals surface area contributed by atoms with Gasteiger partial charge in [-0.3, -0.25) is 0 Å². The van der Waals surface area contributed by atoms with E-state index in [0.29, 0.717) is 11.5 Å². The van der Waals surface area contributed by atoms with Gasteiger partial charge < -0.3 is 4.90 Å². The summed E-state index contributed by atoms with van der Waals surface area (Å²) in [4.78, 5) is 13.8. The van der Waals surface area contributed by atoms with Gasteiger partial charge in [0.1, 0.15) is 6.07 Å². The molecule has 0 saturated carbocycles. The second-order valence-electron chi connectivity index (χ2n) is 3.00. The number of rotatable bonds is 2. The fraction of sp³-hybridized carbons (Fsp3) is 0.333. The van der Waals surface area contributed by atoms with Gasteiger partial charge in [0.15, 0.2) is 11.5 Å². The summed E-state index contributed by atoms with van der Waals surface area (Å²) >= 11 is 0. The van der Waals surface area contributed by atoms with Gasteiger partial charge in [-0.2, -0.15) is 5.26 Å². The maximum atomic E-state index is 8.77. The number of aromatic nitrogens is 2. The first-order valence-electron chi connectivity index (χ1n) is 4.08. The van der Waals surface area contributed by atoms with E-state index in [1.165, 1.54) is 0 Å². The number of nitrogens with zero attached hydrogens (tertiary/aromatic N) is 5. The third-order valence-corrected chi connectivity index (χ3v) is 1.39. The molecule has 0 aromatic carbocycles. The lowest BCUT2D eigenvalue weighted by atomic mass is 10.4. The second kappa shape index (κ2) is 4.33. The van der Waals surface area contributed by atoms with Crippen molar-refractivity contribution in [1.29, 1.82) is 5.26 Å². The van der Waals surface area contributed by atoms with E-state index in [4.69, 9.17) is 5.26 Å². The molecule has 0 spiro atoms. The van der Waals surface area contributed by atoms with Gasteiger partial charge in [0.05, 0.1) is 18.2 Å². The number of aryl methyl sites for hydroxylation is 1. The van der Waals surface area contributed by atoms with Gasteiger partial charge in [-0.25, -0.2) is 15.0 Å². The largest absolute Gasteiger partial charge is 0.369 e. The summed E-state index contributed by atoms with van der Waals surface area (Å²) in [6.45, 7) is 1.78. The first-order valence-corrected chi connectivity index (χ1v) is 4.08. The Labute approximate surface area is 82.7 Å². The molecule has 0 fully saturated rings. The van der Waals surface area contributed by atoms with Crippen LogP contribution in [0.3, 0.4) is 0 Å². The van der Waals surface area contributed by atoms with Crippen molar-refractivity contribution >= 4 is 12.2 Å². The van der Waals surface area contributed by atoms with E-state index in [0.717, 1.165) is 0 Å². The normalized spacial score (nSPS) is 10.1. The summed E-state index contributed by atoms with van der Waals surface area (Å²) in [6.07, 6.45) is 3.17. The predicted octanol–water partition coefficient (Wildman–Crippen LogP) is 0.878. The van der Waals surface area contributed by atoms with Crippen LogP contribution in [0.15, 0.2) is 11.2 Å². The Morgan fingerprint density at radius 2 is 2.29 bits per heavy atom. The van der Waals surface area contributed by atoms with E-state index in [1.54, 1.807) is 24.4 Å². The van der Waals surface area contributed by atoms with Crippen molar-refractivity contribution in [3.63, 3.8) is 0 Å². The van der Waals surface area contributed by atoms with Crippen molar-refractivity contribution in [2.75, 3.05) is 14.1 Å². The Morgan fingerprint density at radius 3 is 2.86 bits per heavy atom. The topological polar surface area (TPSA) is 65.2 Å². The molecule has 0 unspecified atom stereocenters. The van der Waals surface area contributed by atoms with E-state index < -0.39 is 0 Å². The van der Waals surface area contributed by atoms with Crippen LogP contribution in [0.1, 0.15) is 11.4 Å². The van der Waals surface area contributed by atoms with Crippen molar-refractivity contribution in [1.82, 2.24) is 14.9 Å². The summed E-state index contributed by atoms with van der Waals surface area (Å²) in [5, 5.41) is 8.77. The molecule has 0 aliphatic heterocycles. The molecule has 0 aliphatic carbocycles. The molecule has 0 bridgehead atoms. The van der Waals surface area contributed by atoms with Crippen molar-refractivity contribution in [3.05, 3.63) is 17.6 Å². The predicted molar refractivity (Wildman–Crippen MR) is 53.3 cm³/mol. The van der Waals surface area contributed by atoms with Crippen LogP contribution in [0.25, 0.3) is 0 Å². The highest BCUT2D eigenvalue weighted by molar-refractivity contribution is 5.61. The Balaban J connectivity index is 3.04. The molecule has 14 heavy (non-hydrogen) atoms. The zero-order valence-corrected chi connectivity index (χ0v) is 8.39. The molecule has 0 aliphatic rings. The van der Waals surface area contributed by atoms with Gasteiger partial charge in [0, 0.05) is 14.1 Å². The number of aliphatic imine (C=N–C) groups is 1. The van der Waals surface area contributed by atoms with Crippen LogP contribution in [-0.4, -0.2) is 35.3 Å². The molecular weight excluding hydrogens is 178 g/mol. The van der Waals surface area contributed by atoms with Crippen molar-refractivity contribution in [2.24, 2.45) is 4.99 Å². The lowest BCUT2D eigenvalue weighted by molar-refractivity contribution is 0.643. The van der Waals surface area contributed by atoms with Crippen LogP contribution < -0.4 is 0 Å². The van der Waals surface area contributed by atoms with Gasteiger partial charge >= 0.3 is 0 Å². The summed E-state index contributed by atoms with van der Waals surface area (Å²) in [7, 11) is 3.69. The minimum absolute atomic E-state index is 0.253. The maximum absolute atomic E-state index is 8.77. The van der Waals surface area contributed by atoms with Gasteiger partial charge in [-0.05, 0) is 6.92 Å². The van der Waals surface area contributed by atoms with E-state index in [9.17, 15) is 0 Å². The monoisotopic (exact) mass is 189 g/mol. The maximum Gasteiger partial charge on any atom is 0.190 e. The SMILES string of the molecule is Cc1cnc(/N=C/N(C)C)c(C#N)n1. The molecule has 0 amide bonds. The summed E-state index contributed by atoms with van der Waals surface area (Å²) in [5.74, 6) is 0.354. The van der Waals surface area contributed by atoms with Gasteiger partial charge in [-0.15, -0.1) is 0 Å². The van der Waals surface area contributed by atoms with Crippen LogP contribution in [0, 0.1) is 18.3 Å². The molecule has 5 heteroatoms. The fourth-order valence-electron chi connectivity index (χ4n) is 0.811. The minimum atomic E-state index is 0.253. The van der Waals surface area contributed by atoms with Crippen molar-refractivity contribution in [2.45, 2.75) is 6.92 Å². The number of hydrogen-bond acceptors (Lipinski definition) is 4. The van der Waals surface area contributed by atoms with Crippen LogP contribution in [-0.2, 0) is 0 Å². The average Bonchev–Trinajstić information content (AvgIpc) is 2.15. The van der Waals surface area contributed by atoms with Gasteiger partial charge in [-0.1, -0.05) is 0 Å². The van der Waals surface area contributed by atoms with E-state index in [2.05, 4.69) is 15.0 Å². The van der Waals surface area contributed by atoms with E-state index in [-0.39, 0.29) is 5.69 Å². The Kier molecular flexibility index (Phi) is 3.13. The fourth-order valence-corrected chi connectivity index (χ4v) is 0.811. The van der Waals surface area contributed by atoms with Gasteiger partial charge in [0.2, 0.25) is 0 Å². The molecule has 1 aromatic heterocycles. The lowest BCUT2D eigenvalue weighted by Crippen LogP contribution is -2.07. The molecule has 5 nitrogen and oxygen atoms in total. The zero-order valence-electron chi connectivity index (χ0n) is 8.39. The standard InChI is InChI=1S/C9H11N5/c1-7-5-11-9(8(4-10)13-7)12-6-14(2)3/h5-6H,1-3H3/b12-6+. The van der Waals surface area contributed by atoms with Crippen LogP contribution in [0.5, 0.6) is 0 Å². The van der Waals surface area contributed by atoms with E-state index >= 15 is 0 Å². The zero-order chi connectivity index (χ0) is 10.6. The summed E-state index contributed by atoms with van der Waals surface area (Å²) in [6, 6.07) is 1.95. The smallest absolute Gasteiger partial charge is 0.190 e. The molecule has 1 aromatic rings. The molecule has 1 rings (SSSR count). The highest BCUT2D eigenvalue weighted by Crippen LogP contribution is 2.11. The molecule has 0 atom stereocenters. The molecule has 0 N–H and O–H groups in total. The highest BCUT2D eigenvalue weighted by Gasteiger charge is 2.02. The van der Waals surface area contributed by atoms with Crippen LogP contribution in [0.2, 0.25) is 0 Å². The van der Waals surface area contributed by atoms with Crippen LogP contribution >= 0.6 is 0 Å². The van der Waals surface area contributed by atoms with Crippen molar-refractivity contribution in [3.8, 4) is 6.07 Å². The second-order valence-corrected chi connectivity index (χ2v) is 3.00. The Hall–Kier alpha value is -1.96. The molecule has 0 saturated heterocycles. The number of hydrogen-bond donors (Lipinski definition) is 0.